The summed E-state index contributed by atoms with van der Waals surface area (Å²) in [6.07, 6.45) is 2.80. The number of thioether (sulfide) groups is 1. The van der Waals surface area contributed by atoms with Crippen LogP contribution in [-0.4, -0.2) is 42.1 Å². The molecule has 0 radical (unpaired) electrons. The molecule has 0 bridgehead atoms. The summed E-state index contributed by atoms with van der Waals surface area (Å²) in [5, 5.41) is 3.66. The van der Waals surface area contributed by atoms with Crippen LogP contribution >= 0.6 is 11.8 Å². The van der Waals surface area contributed by atoms with Crippen molar-refractivity contribution >= 4 is 11.8 Å². The zero-order chi connectivity index (χ0) is 12.2. The smallest absolute Gasteiger partial charge is 0.0449 e. The van der Waals surface area contributed by atoms with Crippen LogP contribution < -0.4 is 5.32 Å². The lowest BCUT2D eigenvalue weighted by atomic mass is 10.0. The minimum atomic E-state index is 0.520. The van der Waals surface area contributed by atoms with E-state index in [1.54, 1.807) is 0 Å². The Morgan fingerprint density at radius 3 is 2.89 bits per heavy atom. The minimum absolute atomic E-state index is 0.520. The molecule has 0 saturated carbocycles. The monoisotopic (exact) mass is 262 g/mol. The van der Waals surface area contributed by atoms with E-state index >= 15 is 0 Å². The van der Waals surface area contributed by atoms with E-state index in [1.807, 2.05) is 0 Å². The topological polar surface area (TPSA) is 15.3 Å². The minimum Gasteiger partial charge on any atom is -0.308 e. The van der Waals surface area contributed by atoms with Crippen molar-refractivity contribution in [2.75, 3.05) is 31.1 Å². The molecule has 2 atom stereocenters. The number of benzene rings is 1. The van der Waals surface area contributed by atoms with Crippen molar-refractivity contribution in [3.05, 3.63) is 35.9 Å². The molecule has 2 aliphatic heterocycles. The zero-order valence-corrected chi connectivity index (χ0v) is 11.7. The molecule has 2 saturated heterocycles. The molecule has 2 fully saturated rings. The van der Waals surface area contributed by atoms with Gasteiger partial charge in [0.25, 0.3) is 0 Å². The van der Waals surface area contributed by atoms with Gasteiger partial charge in [-0.15, -0.1) is 0 Å². The number of piperazine rings is 1. The SMILES string of the molecule is c1ccc(C2CN(C3CCCSC3)CCN2)cc1. The fourth-order valence-electron chi connectivity index (χ4n) is 3.02. The predicted octanol–water partition coefficient (Wildman–Crippen LogP) is 2.53. The number of nitrogens with one attached hydrogen (secondary N) is 1. The fraction of sp³-hybridized carbons (Fsp3) is 0.600. The Bertz CT molecular complexity index is 362. The third-order valence-electron chi connectivity index (χ3n) is 4.06. The van der Waals surface area contributed by atoms with Gasteiger partial charge in [0.1, 0.15) is 0 Å². The predicted molar refractivity (Wildman–Crippen MR) is 79.1 cm³/mol. The third-order valence-corrected chi connectivity index (χ3v) is 5.26. The first kappa shape index (κ1) is 12.5. The van der Waals surface area contributed by atoms with E-state index in [4.69, 9.17) is 0 Å². The highest BCUT2D eigenvalue weighted by Crippen LogP contribution is 2.25. The van der Waals surface area contributed by atoms with Gasteiger partial charge in [0.15, 0.2) is 0 Å². The van der Waals surface area contributed by atoms with Crippen molar-refractivity contribution in [2.24, 2.45) is 0 Å². The summed E-state index contributed by atoms with van der Waals surface area (Å²) in [6, 6.07) is 12.2. The van der Waals surface area contributed by atoms with Crippen molar-refractivity contribution in [1.82, 2.24) is 10.2 Å². The molecule has 2 aliphatic rings. The first-order valence-electron chi connectivity index (χ1n) is 7.03. The van der Waals surface area contributed by atoms with Crippen LogP contribution in [0.5, 0.6) is 0 Å². The molecule has 1 aromatic carbocycles. The van der Waals surface area contributed by atoms with Gasteiger partial charge in [-0.2, -0.15) is 11.8 Å². The second kappa shape index (κ2) is 6.09. The van der Waals surface area contributed by atoms with Crippen LogP contribution in [0.1, 0.15) is 24.4 Å². The molecular weight excluding hydrogens is 240 g/mol. The summed E-state index contributed by atoms with van der Waals surface area (Å²) in [6.45, 7) is 3.52. The summed E-state index contributed by atoms with van der Waals surface area (Å²) in [4.78, 5) is 2.71. The molecule has 3 heteroatoms. The second-order valence-corrected chi connectivity index (χ2v) is 6.43. The van der Waals surface area contributed by atoms with Gasteiger partial charge in [-0.05, 0) is 24.2 Å². The number of nitrogens with zero attached hydrogens (tertiary/aromatic N) is 1. The van der Waals surface area contributed by atoms with Crippen LogP contribution in [0.15, 0.2) is 30.3 Å². The second-order valence-electron chi connectivity index (χ2n) is 5.28. The van der Waals surface area contributed by atoms with Crippen molar-refractivity contribution in [3.63, 3.8) is 0 Å². The van der Waals surface area contributed by atoms with Gasteiger partial charge in [-0.3, -0.25) is 4.90 Å². The van der Waals surface area contributed by atoms with Gasteiger partial charge < -0.3 is 5.32 Å². The molecule has 2 nitrogen and oxygen atoms in total. The average Bonchev–Trinajstić information content (AvgIpc) is 2.49. The highest BCUT2D eigenvalue weighted by molar-refractivity contribution is 7.99. The third kappa shape index (κ3) is 2.90. The summed E-state index contributed by atoms with van der Waals surface area (Å²) < 4.78 is 0. The Labute approximate surface area is 114 Å². The Morgan fingerprint density at radius 2 is 2.11 bits per heavy atom. The van der Waals surface area contributed by atoms with E-state index in [2.05, 4.69) is 52.3 Å². The number of hydrogen-bond acceptors (Lipinski definition) is 3. The van der Waals surface area contributed by atoms with E-state index in [0.717, 1.165) is 12.6 Å². The van der Waals surface area contributed by atoms with Crippen molar-refractivity contribution in [1.29, 1.82) is 0 Å². The van der Waals surface area contributed by atoms with E-state index in [0.29, 0.717) is 6.04 Å². The molecule has 0 aliphatic carbocycles. The van der Waals surface area contributed by atoms with Gasteiger partial charge in [0.2, 0.25) is 0 Å². The lowest BCUT2D eigenvalue weighted by molar-refractivity contribution is 0.147. The van der Waals surface area contributed by atoms with E-state index < -0.39 is 0 Å². The summed E-state index contributed by atoms with van der Waals surface area (Å²) in [5.41, 5.74) is 1.44. The Morgan fingerprint density at radius 1 is 1.22 bits per heavy atom. The van der Waals surface area contributed by atoms with Crippen molar-refractivity contribution < 1.29 is 0 Å². The van der Waals surface area contributed by atoms with Gasteiger partial charge in [-0.1, -0.05) is 30.3 Å². The zero-order valence-electron chi connectivity index (χ0n) is 10.8. The molecule has 1 N–H and O–H groups in total. The maximum Gasteiger partial charge on any atom is 0.0449 e. The van der Waals surface area contributed by atoms with Gasteiger partial charge in [0, 0.05) is 37.5 Å². The first-order valence-corrected chi connectivity index (χ1v) is 8.19. The van der Waals surface area contributed by atoms with Gasteiger partial charge >= 0.3 is 0 Å². The van der Waals surface area contributed by atoms with Crippen molar-refractivity contribution in [3.8, 4) is 0 Å². The molecule has 1 aromatic rings. The molecular formula is C15H22N2S. The summed E-state index contributed by atoms with van der Waals surface area (Å²) >= 11 is 2.13. The van der Waals surface area contributed by atoms with E-state index in [9.17, 15) is 0 Å². The highest BCUT2D eigenvalue weighted by atomic mass is 32.2. The van der Waals surface area contributed by atoms with Crippen LogP contribution in [0.3, 0.4) is 0 Å². The molecule has 0 aromatic heterocycles. The molecule has 2 unspecified atom stereocenters. The molecule has 0 spiro atoms. The van der Waals surface area contributed by atoms with E-state index in [-0.39, 0.29) is 0 Å². The van der Waals surface area contributed by atoms with Crippen molar-refractivity contribution in [2.45, 2.75) is 24.9 Å². The lowest BCUT2D eigenvalue weighted by Gasteiger charge is -2.40. The van der Waals surface area contributed by atoms with Crippen LogP contribution in [0.4, 0.5) is 0 Å². The summed E-state index contributed by atoms with van der Waals surface area (Å²) in [7, 11) is 0. The van der Waals surface area contributed by atoms with Crippen LogP contribution in [0.25, 0.3) is 0 Å². The van der Waals surface area contributed by atoms with E-state index in [1.165, 1.54) is 43.0 Å². The van der Waals surface area contributed by atoms with Gasteiger partial charge in [-0.25, -0.2) is 0 Å². The number of hydrogen-bond donors (Lipinski definition) is 1. The normalized spacial score (nSPS) is 30.2. The first-order chi connectivity index (χ1) is 8.93. The maximum atomic E-state index is 3.66. The Hall–Kier alpha value is -0.510. The molecule has 18 heavy (non-hydrogen) atoms. The maximum absolute atomic E-state index is 3.66. The Kier molecular flexibility index (Phi) is 4.24. The lowest BCUT2D eigenvalue weighted by Crippen LogP contribution is -2.51. The molecule has 98 valence electrons. The number of rotatable bonds is 2. The highest BCUT2D eigenvalue weighted by Gasteiger charge is 2.27. The van der Waals surface area contributed by atoms with Crippen LogP contribution in [-0.2, 0) is 0 Å². The van der Waals surface area contributed by atoms with Crippen LogP contribution in [0, 0.1) is 0 Å². The Balaban J connectivity index is 1.64. The molecule has 3 rings (SSSR count). The largest absolute Gasteiger partial charge is 0.308 e. The van der Waals surface area contributed by atoms with Crippen LogP contribution in [0.2, 0.25) is 0 Å². The summed E-state index contributed by atoms with van der Waals surface area (Å²) in [5.74, 6) is 2.70. The molecule has 0 amide bonds. The quantitative estimate of drug-likeness (QED) is 0.882. The molecule has 2 heterocycles. The fourth-order valence-corrected chi connectivity index (χ4v) is 4.21. The standard InChI is InChI=1S/C15H22N2S/c1-2-5-13(6-3-1)15-11-17(9-8-16-15)14-7-4-10-18-12-14/h1-3,5-6,14-16H,4,7-12H2. The average molecular weight is 262 g/mol. The van der Waals surface area contributed by atoms with Gasteiger partial charge in [0.05, 0.1) is 0 Å².